The third kappa shape index (κ3) is 2.94. The van der Waals surface area contributed by atoms with Gasteiger partial charge in [-0.2, -0.15) is 0 Å². The lowest BCUT2D eigenvalue weighted by Crippen LogP contribution is -2.49. The minimum Gasteiger partial charge on any atom is -0.341 e. The van der Waals surface area contributed by atoms with Gasteiger partial charge in [0.25, 0.3) is 0 Å². The lowest BCUT2D eigenvalue weighted by Gasteiger charge is -2.21. The van der Waals surface area contributed by atoms with Gasteiger partial charge in [-0.15, -0.1) is 0 Å². The van der Waals surface area contributed by atoms with Gasteiger partial charge in [0, 0.05) is 14.1 Å². The Morgan fingerprint density at radius 2 is 1.94 bits per heavy atom. The fourth-order valence-electron chi connectivity index (χ4n) is 1.43. The normalized spacial score (nSPS) is 13.8. The molecule has 1 rings (SSSR count). The summed E-state index contributed by atoms with van der Waals surface area (Å²) in [6, 6.07) is 8.67. The van der Waals surface area contributed by atoms with Gasteiger partial charge in [-0.05, 0) is 17.2 Å². The Kier molecular flexibility index (Phi) is 4.07. The second-order valence-corrected chi connectivity index (χ2v) is 4.50. The van der Waals surface area contributed by atoms with Gasteiger partial charge < -0.3 is 4.90 Å². The number of carbonyl (C=O) groups is 1. The van der Waals surface area contributed by atoms with Crippen molar-refractivity contribution in [3.8, 4) is 0 Å². The molecule has 0 aliphatic carbocycles. The Morgan fingerprint density at radius 1 is 1.41 bits per heavy atom. The number of carbonyl (C=O) groups excluding carboxylic acids is 1. The zero-order valence-electron chi connectivity index (χ0n) is 9.59. The van der Waals surface area contributed by atoms with E-state index < -0.39 is 15.8 Å². The first-order valence-corrected chi connectivity index (χ1v) is 5.35. The largest absolute Gasteiger partial charge is 0.376 e. The van der Waals surface area contributed by atoms with Gasteiger partial charge in [0.05, 0.1) is 11.3 Å². The van der Waals surface area contributed by atoms with Gasteiger partial charge >= 0.3 is 10.9 Å². The molecule has 1 unspecified atom stereocenters. The highest BCUT2D eigenvalue weighted by Gasteiger charge is 2.50. The number of halogens is 1. The van der Waals surface area contributed by atoms with Crippen LogP contribution in [0.15, 0.2) is 30.3 Å². The summed E-state index contributed by atoms with van der Waals surface area (Å²) in [5, 5.41) is 11.0. The number of rotatable bonds is 4. The number of amides is 1. The van der Waals surface area contributed by atoms with Crippen molar-refractivity contribution in [1.29, 1.82) is 0 Å². The van der Waals surface area contributed by atoms with Gasteiger partial charge in [-0.1, -0.05) is 30.3 Å². The molecule has 0 saturated carbocycles. The number of nitrogens with zero attached hydrogens (tertiary/aromatic N) is 2. The highest BCUT2D eigenvalue weighted by molar-refractivity contribution is 6.33. The van der Waals surface area contributed by atoms with Gasteiger partial charge in [-0.3, -0.25) is 14.9 Å². The van der Waals surface area contributed by atoms with Crippen LogP contribution in [0.2, 0.25) is 0 Å². The third-order valence-electron chi connectivity index (χ3n) is 2.30. The minimum atomic E-state index is -2.13. The molecule has 0 aliphatic rings. The molecule has 0 aliphatic heterocycles. The van der Waals surface area contributed by atoms with Crippen molar-refractivity contribution >= 4 is 17.5 Å². The molecule has 0 spiro atoms. The van der Waals surface area contributed by atoms with Gasteiger partial charge in [0.2, 0.25) is 0 Å². The maximum absolute atomic E-state index is 11.8. The number of benzene rings is 1. The molecule has 17 heavy (non-hydrogen) atoms. The molecule has 1 aromatic rings. The molecule has 92 valence electrons. The summed E-state index contributed by atoms with van der Waals surface area (Å²) in [7, 11) is 2.88. The highest BCUT2D eigenvalue weighted by atomic mass is 35.5. The van der Waals surface area contributed by atoms with Crippen LogP contribution in [0.3, 0.4) is 0 Å². The Labute approximate surface area is 104 Å². The first-order valence-electron chi connectivity index (χ1n) is 4.97. The minimum absolute atomic E-state index is 0.139. The van der Waals surface area contributed by atoms with Gasteiger partial charge in [0.15, 0.2) is 0 Å². The molecule has 0 fully saturated rings. The van der Waals surface area contributed by atoms with E-state index in [2.05, 4.69) is 0 Å². The van der Waals surface area contributed by atoms with E-state index in [4.69, 9.17) is 11.6 Å². The molecule has 5 nitrogen and oxygen atoms in total. The summed E-state index contributed by atoms with van der Waals surface area (Å²) in [6.07, 6.45) is -0.139. The van der Waals surface area contributed by atoms with Crippen molar-refractivity contribution in [2.24, 2.45) is 0 Å². The van der Waals surface area contributed by atoms with Crippen LogP contribution in [-0.4, -0.2) is 34.8 Å². The summed E-state index contributed by atoms with van der Waals surface area (Å²) in [6.45, 7) is 0. The van der Waals surface area contributed by atoms with Crippen molar-refractivity contribution in [3.05, 3.63) is 46.0 Å². The van der Waals surface area contributed by atoms with Crippen LogP contribution in [0.4, 0.5) is 0 Å². The first-order chi connectivity index (χ1) is 7.88. The van der Waals surface area contributed by atoms with Crippen LogP contribution in [0, 0.1) is 10.1 Å². The van der Waals surface area contributed by atoms with E-state index in [9.17, 15) is 14.9 Å². The molecule has 0 heterocycles. The molecule has 1 aromatic carbocycles. The molecule has 6 heteroatoms. The summed E-state index contributed by atoms with van der Waals surface area (Å²) in [4.78, 5) is 21.0. The Hall–Kier alpha value is -1.62. The zero-order valence-corrected chi connectivity index (χ0v) is 10.3. The van der Waals surface area contributed by atoms with Crippen LogP contribution >= 0.6 is 11.6 Å². The molecule has 0 saturated heterocycles. The van der Waals surface area contributed by atoms with Gasteiger partial charge in [-0.25, -0.2) is 0 Å². The van der Waals surface area contributed by atoms with E-state index in [1.165, 1.54) is 14.1 Å². The number of hydrogen-bond donors (Lipinski definition) is 0. The van der Waals surface area contributed by atoms with Crippen LogP contribution in [0.25, 0.3) is 0 Å². The lowest BCUT2D eigenvalue weighted by atomic mass is 10.1. The smallest absolute Gasteiger partial charge is 0.341 e. The van der Waals surface area contributed by atoms with Crippen LogP contribution < -0.4 is 0 Å². The van der Waals surface area contributed by atoms with Crippen molar-refractivity contribution in [2.75, 3.05) is 14.1 Å². The van der Waals surface area contributed by atoms with Crippen molar-refractivity contribution in [3.63, 3.8) is 0 Å². The lowest BCUT2D eigenvalue weighted by molar-refractivity contribution is -0.526. The predicted molar refractivity (Wildman–Crippen MR) is 64.4 cm³/mol. The molecular formula is C11H13ClN2O3. The highest BCUT2D eigenvalue weighted by Crippen LogP contribution is 2.24. The molecular weight excluding hydrogens is 244 g/mol. The van der Waals surface area contributed by atoms with E-state index in [1.807, 2.05) is 0 Å². The summed E-state index contributed by atoms with van der Waals surface area (Å²) >= 11 is 5.86. The second kappa shape index (κ2) is 5.14. The number of likely N-dealkylation sites (N-methyl/N-ethyl adjacent to an activating group) is 1. The quantitative estimate of drug-likeness (QED) is 0.355. The maximum Gasteiger partial charge on any atom is 0.376 e. The Bertz CT molecular complexity index is 422. The van der Waals surface area contributed by atoms with E-state index in [0.29, 0.717) is 5.56 Å². The first kappa shape index (κ1) is 13.4. The monoisotopic (exact) mass is 256 g/mol. The van der Waals surface area contributed by atoms with Crippen molar-refractivity contribution in [1.82, 2.24) is 4.90 Å². The average Bonchev–Trinajstić information content (AvgIpc) is 2.28. The summed E-state index contributed by atoms with van der Waals surface area (Å²) in [5.41, 5.74) is 0.648. The molecule has 0 radical (unpaired) electrons. The number of nitro groups is 1. The van der Waals surface area contributed by atoms with Crippen LogP contribution in [0.5, 0.6) is 0 Å². The molecule has 1 amide bonds. The van der Waals surface area contributed by atoms with E-state index in [1.54, 1.807) is 30.3 Å². The molecule has 1 atom stereocenters. The fourth-order valence-corrected chi connectivity index (χ4v) is 1.75. The average molecular weight is 257 g/mol. The zero-order chi connectivity index (χ0) is 13.1. The fraction of sp³-hybridized carbons (Fsp3) is 0.364. The van der Waals surface area contributed by atoms with E-state index >= 15 is 0 Å². The predicted octanol–water partition coefficient (Wildman–Crippen LogP) is 1.53. The topological polar surface area (TPSA) is 63.5 Å². The van der Waals surface area contributed by atoms with Gasteiger partial charge in [0.1, 0.15) is 0 Å². The van der Waals surface area contributed by atoms with E-state index in [0.717, 1.165) is 4.90 Å². The number of hydrogen-bond acceptors (Lipinski definition) is 3. The Morgan fingerprint density at radius 3 is 2.35 bits per heavy atom. The third-order valence-corrected chi connectivity index (χ3v) is 2.74. The standard InChI is InChI=1S/C11H13ClN2O3/c1-13(2)10(15)11(12,14(16)17)8-9-6-4-3-5-7-9/h3-7H,8H2,1-2H3. The van der Waals surface area contributed by atoms with Crippen LogP contribution in [0.1, 0.15) is 5.56 Å². The summed E-state index contributed by atoms with van der Waals surface area (Å²) < 4.78 is 0. The van der Waals surface area contributed by atoms with Crippen molar-refractivity contribution < 1.29 is 9.72 Å². The SMILES string of the molecule is CN(C)C(=O)C(Cl)(Cc1ccccc1)[N+](=O)[O-]. The molecule has 0 aromatic heterocycles. The maximum atomic E-state index is 11.8. The molecule has 0 N–H and O–H groups in total. The van der Waals surface area contributed by atoms with Crippen molar-refractivity contribution in [2.45, 2.75) is 11.4 Å². The Balaban J connectivity index is 3.02. The second-order valence-electron chi connectivity index (χ2n) is 3.88. The molecule has 0 bridgehead atoms. The summed E-state index contributed by atoms with van der Waals surface area (Å²) in [5.74, 6) is -0.729. The number of alkyl halides is 1. The van der Waals surface area contributed by atoms with E-state index in [-0.39, 0.29) is 6.42 Å². The van der Waals surface area contributed by atoms with Crippen LogP contribution in [-0.2, 0) is 11.2 Å².